The zero-order chi connectivity index (χ0) is 13.9. The van der Waals surface area contributed by atoms with Crippen molar-refractivity contribution in [2.45, 2.75) is 51.6 Å². The molecule has 1 N–H and O–H groups in total. The highest BCUT2D eigenvalue weighted by Crippen LogP contribution is 2.27. The van der Waals surface area contributed by atoms with Crippen molar-refractivity contribution in [3.8, 4) is 0 Å². The summed E-state index contributed by atoms with van der Waals surface area (Å²) in [5, 5.41) is 4.42. The number of hydrogen-bond acceptors (Lipinski definition) is 2. The zero-order valence-corrected chi connectivity index (χ0v) is 12.8. The predicted octanol–water partition coefficient (Wildman–Crippen LogP) is 4.30. The van der Waals surface area contributed by atoms with Crippen molar-refractivity contribution >= 4 is 22.6 Å². The molecule has 1 atom stereocenters. The van der Waals surface area contributed by atoms with Crippen molar-refractivity contribution in [3.63, 3.8) is 0 Å². The second kappa shape index (κ2) is 6.15. The van der Waals surface area contributed by atoms with E-state index in [4.69, 9.17) is 16.6 Å². The molecule has 0 bridgehead atoms. The Morgan fingerprint density at radius 3 is 3.10 bits per heavy atom. The van der Waals surface area contributed by atoms with Crippen LogP contribution in [0.2, 0.25) is 5.02 Å². The van der Waals surface area contributed by atoms with Crippen molar-refractivity contribution in [2.24, 2.45) is 0 Å². The molecule has 0 radical (unpaired) electrons. The van der Waals surface area contributed by atoms with Crippen LogP contribution in [0.15, 0.2) is 18.2 Å². The fourth-order valence-electron chi connectivity index (χ4n) is 3.10. The van der Waals surface area contributed by atoms with Crippen LogP contribution in [0.1, 0.15) is 50.9 Å². The minimum atomic E-state index is 0.384. The van der Waals surface area contributed by atoms with E-state index < -0.39 is 0 Å². The van der Waals surface area contributed by atoms with E-state index in [1.54, 1.807) is 0 Å². The van der Waals surface area contributed by atoms with Crippen LogP contribution in [0, 0.1) is 0 Å². The molecule has 4 heteroatoms. The van der Waals surface area contributed by atoms with Gasteiger partial charge < -0.3 is 9.88 Å². The first kappa shape index (κ1) is 13.9. The summed E-state index contributed by atoms with van der Waals surface area (Å²) in [5.41, 5.74) is 2.23. The third kappa shape index (κ3) is 2.70. The van der Waals surface area contributed by atoms with Crippen LogP contribution in [0.5, 0.6) is 0 Å². The molecule has 3 nitrogen and oxygen atoms in total. The predicted molar refractivity (Wildman–Crippen MR) is 84.2 cm³/mol. The number of benzene rings is 1. The lowest BCUT2D eigenvalue weighted by Crippen LogP contribution is -2.23. The van der Waals surface area contributed by atoms with E-state index in [1.165, 1.54) is 37.0 Å². The van der Waals surface area contributed by atoms with Gasteiger partial charge in [0, 0.05) is 11.6 Å². The third-order valence-electron chi connectivity index (χ3n) is 4.06. The van der Waals surface area contributed by atoms with Gasteiger partial charge in [-0.25, -0.2) is 4.98 Å². The standard InChI is InChI=1S/C16H22ClN3/c1-2-10-20-15-8-7-12(17)11-14(15)19-16(20)13-6-4-3-5-9-18-13/h7-8,11,13,18H,2-6,9-10H2,1H3. The molecule has 1 saturated heterocycles. The van der Waals surface area contributed by atoms with Crippen LogP contribution >= 0.6 is 11.6 Å². The van der Waals surface area contributed by atoms with Gasteiger partial charge >= 0.3 is 0 Å². The van der Waals surface area contributed by atoms with Gasteiger partial charge in [0.15, 0.2) is 0 Å². The van der Waals surface area contributed by atoms with Gasteiger partial charge in [0.2, 0.25) is 0 Å². The maximum atomic E-state index is 6.10. The Morgan fingerprint density at radius 2 is 2.25 bits per heavy atom. The summed E-state index contributed by atoms with van der Waals surface area (Å²) in [6.07, 6.45) is 6.18. The molecule has 1 fully saturated rings. The van der Waals surface area contributed by atoms with E-state index in [1.807, 2.05) is 12.1 Å². The Balaban J connectivity index is 2.05. The van der Waals surface area contributed by atoms with E-state index in [0.29, 0.717) is 6.04 Å². The van der Waals surface area contributed by atoms with Gasteiger partial charge in [0.25, 0.3) is 0 Å². The van der Waals surface area contributed by atoms with E-state index in [2.05, 4.69) is 22.9 Å². The van der Waals surface area contributed by atoms with E-state index in [-0.39, 0.29) is 0 Å². The summed E-state index contributed by atoms with van der Waals surface area (Å²) in [6.45, 7) is 4.33. The molecule has 0 aliphatic carbocycles. The Kier molecular flexibility index (Phi) is 4.27. The lowest BCUT2D eigenvalue weighted by atomic mass is 10.1. The minimum absolute atomic E-state index is 0.384. The van der Waals surface area contributed by atoms with Crippen LogP contribution in [-0.4, -0.2) is 16.1 Å². The normalized spacial score (nSPS) is 20.2. The van der Waals surface area contributed by atoms with Gasteiger partial charge in [-0.05, 0) is 44.0 Å². The molecule has 0 saturated carbocycles. The van der Waals surface area contributed by atoms with Gasteiger partial charge in [-0.15, -0.1) is 0 Å². The molecule has 2 heterocycles. The summed E-state index contributed by atoms with van der Waals surface area (Å²) < 4.78 is 2.37. The van der Waals surface area contributed by atoms with Gasteiger partial charge in [0.05, 0.1) is 17.1 Å². The van der Waals surface area contributed by atoms with Crippen molar-refractivity contribution in [3.05, 3.63) is 29.0 Å². The van der Waals surface area contributed by atoms with Crippen molar-refractivity contribution in [2.75, 3.05) is 6.54 Å². The Labute approximate surface area is 125 Å². The summed E-state index contributed by atoms with van der Waals surface area (Å²) in [4.78, 5) is 4.87. The zero-order valence-electron chi connectivity index (χ0n) is 12.0. The average Bonchev–Trinajstić information content (AvgIpc) is 2.64. The van der Waals surface area contributed by atoms with Gasteiger partial charge in [-0.2, -0.15) is 0 Å². The molecule has 1 aliphatic heterocycles. The fourth-order valence-corrected chi connectivity index (χ4v) is 3.26. The topological polar surface area (TPSA) is 29.9 Å². The molecule has 108 valence electrons. The molecular formula is C16H22ClN3. The van der Waals surface area contributed by atoms with E-state index in [0.717, 1.165) is 30.0 Å². The van der Waals surface area contributed by atoms with Gasteiger partial charge in [-0.3, -0.25) is 0 Å². The van der Waals surface area contributed by atoms with Gasteiger partial charge in [0.1, 0.15) is 5.82 Å². The number of aromatic nitrogens is 2. The number of rotatable bonds is 3. The molecule has 0 amide bonds. The van der Waals surface area contributed by atoms with Crippen LogP contribution < -0.4 is 5.32 Å². The number of nitrogens with zero attached hydrogens (tertiary/aromatic N) is 2. The summed E-state index contributed by atoms with van der Waals surface area (Å²) in [5.74, 6) is 1.19. The number of hydrogen-bond donors (Lipinski definition) is 1. The molecule has 3 rings (SSSR count). The van der Waals surface area contributed by atoms with Crippen LogP contribution in [0.4, 0.5) is 0 Å². The average molecular weight is 292 g/mol. The number of imidazole rings is 1. The lowest BCUT2D eigenvalue weighted by Gasteiger charge is -2.17. The second-order valence-electron chi connectivity index (χ2n) is 5.61. The van der Waals surface area contributed by atoms with E-state index in [9.17, 15) is 0 Å². The van der Waals surface area contributed by atoms with Crippen LogP contribution in [0.3, 0.4) is 0 Å². The SMILES string of the molecule is CCCn1c(C2CCCCCN2)nc2cc(Cl)ccc21. The Morgan fingerprint density at radius 1 is 1.35 bits per heavy atom. The minimum Gasteiger partial charge on any atom is -0.327 e. The Hall–Kier alpha value is -1.06. The monoisotopic (exact) mass is 291 g/mol. The largest absolute Gasteiger partial charge is 0.327 e. The van der Waals surface area contributed by atoms with Crippen molar-refractivity contribution in [1.29, 1.82) is 0 Å². The molecule has 0 spiro atoms. The first-order valence-corrected chi connectivity index (χ1v) is 8.06. The number of aryl methyl sites for hydroxylation is 1. The Bertz CT molecular complexity index is 583. The highest BCUT2D eigenvalue weighted by atomic mass is 35.5. The molecule has 1 aromatic heterocycles. The molecule has 2 aromatic rings. The smallest absolute Gasteiger partial charge is 0.127 e. The van der Waals surface area contributed by atoms with Gasteiger partial charge in [-0.1, -0.05) is 31.4 Å². The van der Waals surface area contributed by atoms with Crippen LogP contribution in [-0.2, 0) is 6.54 Å². The molecule has 1 unspecified atom stereocenters. The quantitative estimate of drug-likeness (QED) is 0.913. The summed E-state index contributed by atoms with van der Waals surface area (Å²) >= 11 is 6.10. The fraction of sp³-hybridized carbons (Fsp3) is 0.562. The number of nitrogens with one attached hydrogen (secondary N) is 1. The first-order valence-electron chi connectivity index (χ1n) is 7.68. The second-order valence-corrected chi connectivity index (χ2v) is 6.05. The summed E-state index contributed by atoms with van der Waals surface area (Å²) in [6, 6.07) is 6.42. The van der Waals surface area contributed by atoms with Crippen molar-refractivity contribution < 1.29 is 0 Å². The molecular weight excluding hydrogens is 270 g/mol. The number of fused-ring (bicyclic) bond motifs is 1. The molecule has 20 heavy (non-hydrogen) atoms. The van der Waals surface area contributed by atoms with E-state index >= 15 is 0 Å². The first-order chi connectivity index (χ1) is 9.79. The lowest BCUT2D eigenvalue weighted by molar-refractivity contribution is 0.480. The maximum Gasteiger partial charge on any atom is 0.127 e. The molecule has 1 aromatic carbocycles. The highest BCUT2D eigenvalue weighted by Gasteiger charge is 2.20. The number of halogens is 1. The molecule has 1 aliphatic rings. The van der Waals surface area contributed by atoms with Crippen LogP contribution in [0.25, 0.3) is 11.0 Å². The highest BCUT2D eigenvalue weighted by molar-refractivity contribution is 6.31. The maximum absolute atomic E-state index is 6.10. The third-order valence-corrected chi connectivity index (χ3v) is 4.29. The van der Waals surface area contributed by atoms with Crippen molar-refractivity contribution in [1.82, 2.24) is 14.9 Å². The summed E-state index contributed by atoms with van der Waals surface area (Å²) in [7, 11) is 0.